The highest BCUT2D eigenvalue weighted by atomic mass is 16.7. The van der Waals surface area contributed by atoms with Crippen molar-refractivity contribution < 1.29 is 23.7 Å². The predicted molar refractivity (Wildman–Crippen MR) is 104 cm³/mol. The number of rotatable bonds is 6. The fourth-order valence-corrected chi connectivity index (χ4v) is 4.28. The Morgan fingerprint density at radius 1 is 1.11 bits per heavy atom. The second-order valence-electron chi connectivity index (χ2n) is 8.41. The summed E-state index contributed by atoms with van der Waals surface area (Å²) >= 11 is 0. The van der Waals surface area contributed by atoms with Gasteiger partial charge in [0.25, 0.3) is 5.91 Å². The van der Waals surface area contributed by atoms with Gasteiger partial charge >= 0.3 is 0 Å². The van der Waals surface area contributed by atoms with E-state index in [1.807, 2.05) is 24.8 Å². The molecule has 0 saturated carbocycles. The molecule has 3 fully saturated rings. The van der Waals surface area contributed by atoms with Gasteiger partial charge in [0.05, 0.1) is 31.5 Å². The van der Waals surface area contributed by atoms with E-state index in [0.717, 1.165) is 25.7 Å². The smallest absolute Gasteiger partial charge is 0.254 e. The highest BCUT2D eigenvalue weighted by Gasteiger charge is 2.49. The lowest BCUT2D eigenvalue weighted by Crippen LogP contribution is -2.46. The van der Waals surface area contributed by atoms with E-state index in [-0.39, 0.29) is 30.3 Å². The molecule has 0 aliphatic carbocycles. The van der Waals surface area contributed by atoms with Crippen LogP contribution in [-0.4, -0.2) is 67.3 Å². The number of hydrogen-bond acceptors (Lipinski definition) is 5. The van der Waals surface area contributed by atoms with Crippen molar-refractivity contribution in [2.45, 2.75) is 69.7 Å². The van der Waals surface area contributed by atoms with E-state index in [2.05, 4.69) is 24.3 Å². The van der Waals surface area contributed by atoms with Gasteiger partial charge in [0.15, 0.2) is 11.9 Å². The number of carbonyl (C=O) groups excluding carboxylic acids is 1. The molecule has 1 aromatic rings. The molecule has 3 saturated heterocycles. The Morgan fingerprint density at radius 2 is 1.82 bits per heavy atom. The maximum atomic E-state index is 12.5. The van der Waals surface area contributed by atoms with E-state index in [1.54, 1.807) is 0 Å². The molecule has 0 N–H and O–H groups in total. The van der Waals surface area contributed by atoms with Crippen molar-refractivity contribution in [2.75, 3.05) is 26.3 Å². The molecule has 1 aromatic carbocycles. The van der Waals surface area contributed by atoms with Gasteiger partial charge in [-0.15, -0.1) is 0 Å². The van der Waals surface area contributed by atoms with Crippen molar-refractivity contribution in [1.29, 1.82) is 0 Å². The van der Waals surface area contributed by atoms with E-state index >= 15 is 0 Å². The van der Waals surface area contributed by atoms with Crippen molar-refractivity contribution in [3.8, 4) is 0 Å². The number of benzene rings is 1. The third kappa shape index (κ3) is 5.11. The second kappa shape index (κ2) is 8.49. The Hall–Kier alpha value is -1.47. The Kier molecular flexibility index (Phi) is 6.01. The average Bonchev–Trinajstić information content (AvgIpc) is 3.45. The summed E-state index contributed by atoms with van der Waals surface area (Å²) in [6.07, 6.45) is 3.41. The third-order valence-electron chi connectivity index (χ3n) is 5.67. The first-order chi connectivity index (χ1) is 13.5. The second-order valence-corrected chi connectivity index (χ2v) is 8.41. The maximum Gasteiger partial charge on any atom is 0.254 e. The van der Waals surface area contributed by atoms with Crippen LogP contribution >= 0.6 is 0 Å². The monoisotopic (exact) mass is 389 g/mol. The predicted octanol–water partition coefficient (Wildman–Crippen LogP) is 2.55. The molecule has 0 spiro atoms. The van der Waals surface area contributed by atoms with Gasteiger partial charge in [-0.25, -0.2) is 0 Å². The number of nitrogens with zero attached hydrogens (tertiary/aromatic N) is 1. The minimum Gasteiger partial charge on any atom is -0.378 e. The van der Waals surface area contributed by atoms with Crippen molar-refractivity contribution in [3.63, 3.8) is 0 Å². The van der Waals surface area contributed by atoms with Crippen LogP contribution in [0, 0.1) is 0 Å². The van der Waals surface area contributed by atoms with E-state index in [1.165, 1.54) is 5.56 Å². The molecule has 154 valence electrons. The lowest BCUT2D eigenvalue weighted by molar-refractivity contribution is -0.301. The molecule has 0 radical (unpaired) electrons. The highest BCUT2D eigenvalue weighted by molar-refractivity contribution is 5.83. The Morgan fingerprint density at radius 3 is 2.57 bits per heavy atom. The number of carbonyl (C=O) groups is 1. The zero-order valence-electron chi connectivity index (χ0n) is 16.8. The van der Waals surface area contributed by atoms with Gasteiger partial charge in [0.2, 0.25) is 0 Å². The first-order valence-electron chi connectivity index (χ1n) is 10.4. The standard InChI is InChI=1S/C22H31NO5/c1-22(2)27-17(9-8-16-6-4-3-5-7-16)14-18(28-22)15-19-20(26-19)21(24)23-10-12-25-13-11-23/h3-7,17-20H,8-15H2,1-2H3/t17-,18-,19-,20+/m0/s1. The van der Waals surface area contributed by atoms with E-state index < -0.39 is 5.79 Å². The van der Waals surface area contributed by atoms with Crippen LogP contribution in [0.25, 0.3) is 0 Å². The van der Waals surface area contributed by atoms with Crippen LogP contribution in [-0.2, 0) is 30.2 Å². The summed E-state index contributed by atoms with van der Waals surface area (Å²) in [5.74, 6) is -0.511. The number of morpholine rings is 1. The lowest BCUT2D eigenvalue weighted by atomic mass is 9.98. The van der Waals surface area contributed by atoms with Gasteiger partial charge in [-0.2, -0.15) is 0 Å². The summed E-state index contributed by atoms with van der Waals surface area (Å²) < 4.78 is 23.3. The first-order valence-corrected chi connectivity index (χ1v) is 10.4. The molecule has 4 atom stereocenters. The van der Waals surface area contributed by atoms with Gasteiger partial charge < -0.3 is 23.8 Å². The maximum absolute atomic E-state index is 12.5. The fraction of sp³-hybridized carbons (Fsp3) is 0.682. The third-order valence-corrected chi connectivity index (χ3v) is 5.67. The number of hydrogen-bond donors (Lipinski definition) is 0. The van der Waals surface area contributed by atoms with Gasteiger partial charge in [-0.05, 0) is 32.3 Å². The van der Waals surface area contributed by atoms with Crippen LogP contribution in [0.5, 0.6) is 0 Å². The van der Waals surface area contributed by atoms with Gasteiger partial charge in [0.1, 0.15) is 0 Å². The largest absolute Gasteiger partial charge is 0.378 e. The van der Waals surface area contributed by atoms with Crippen molar-refractivity contribution >= 4 is 5.91 Å². The molecule has 4 rings (SSSR count). The highest BCUT2D eigenvalue weighted by Crippen LogP contribution is 2.36. The van der Waals surface area contributed by atoms with Gasteiger partial charge in [-0.1, -0.05) is 30.3 Å². The molecule has 0 aromatic heterocycles. The molecular weight excluding hydrogens is 358 g/mol. The number of aryl methyl sites for hydroxylation is 1. The normalized spacial score (nSPS) is 32.1. The van der Waals surface area contributed by atoms with Crippen LogP contribution in [0.4, 0.5) is 0 Å². The summed E-state index contributed by atoms with van der Waals surface area (Å²) in [5, 5.41) is 0. The molecule has 6 nitrogen and oxygen atoms in total. The Bertz CT molecular complexity index is 658. The molecule has 1 amide bonds. The van der Waals surface area contributed by atoms with Crippen molar-refractivity contribution in [3.05, 3.63) is 35.9 Å². The van der Waals surface area contributed by atoms with Crippen LogP contribution in [0.3, 0.4) is 0 Å². The zero-order valence-corrected chi connectivity index (χ0v) is 16.8. The summed E-state index contributed by atoms with van der Waals surface area (Å²) in [5.41, 5.74) is 1.33. The number of epoxide rings is 1. The van der Waals surface area contributed by atoms with Crippen LogP contribution in [0.15, 0.2) is 30.3 Å². The van der Waals surface area contributed by atoms with E-state index in [9.17, 15) is 4.79 Å². The van der Waals surface area contributed by atoms with Crippen LogP contribution in [0.2, 0.25) is 0 Å². The summed E-state index contributed by atoms with van der Waals surface area (Å²) in [4.78, 5) is 14.4. The SMILES string of the molecule is CC1(C)O[C@@H](CCc2ccccc2)C[C@@H](C[C@@H]2O[C@H]2C(=O)N2CCOCC2)O1. The quantitative estimate of drug-likeness (QED) is 0.700. The number of amides is 1. The lowest BCUT2D eigenvalue weighted by Gasteiger charge is -2.41. The molecular formula is C22H31NO5. The molecule has 3 aliphatic heterocycles. The zero-order chi connectivity index (χ0) is 19.6. The van der Waals surface area contributed by atoms with Gasteiger partial charge in [0, 0.05) is 25.9 Å². The van der Waals surface area contributed by atoms with E-state index in [0.29, 0.717) is 26.3 Å². The molecule has 0 bridgehead atoms. The summed E-state index contributed by atoms with van der Waals surface area (Å²) in [7, 11) is 0. The first kappa shape index (κ1) is 19.8. The molecule has 0 unspecified atom stereocenters. The average molecular weight is 389 g/mol. The van der Waals surface area contributed by atoms with Crippen LogP contribution in [0.1, 0.15) is 38.7 Å². The molecule has 3 aliphatic rings. The Balaban J connectivity index is 1.27. The van der Waals surface area contributed by atoms with Crippen molar-refractivity contribution in [1.82, 2.24) is 4.90 Å². The number of ether oxygens (including phenoxy) is 4. The van der Waals surface area contributed by atoms with Crippen molar-refractivity contribution in [2.24, 2.45) is 0 Å². The molecule has 28 heavy (non-hydrogen) atoms. The molecule has 3 heterocycles. The molecule has 6 heteroatoms. The fourth-order valence-electron chi connectivity index (χ4n) is 4.28. The minimum atomic E-state index is -0.608. The van der Waals surface area contributed by atoms with Gasteiger partial charge in [-0.3, -0.25) is 4.79 Å². The Labute approximate surface area is 167 Å². The van der Waals surface area contributed by atoms with Crippen LogP contribution < -0.4 is 0 Å². The van der Waals surface area contributed by atoms with E-state index in [4.69, 9.17) is 18.9 Å². The topological polar surface area (TPSA) is 60.5 Å². The summed E-state index contributed by atoms with van der Waals surface area (Å²) in [6, 6.07) is 10.5. The minimum absolute atomic E-state index is 0.0379. The summed E-state index contributed by atoms with van der Waals surface area (Å²) in [6.45, 7) is 6.49.